The number of aliphatic hydroxyl groups excluding tert-OH is 2. The molecule has 102 valence electrons. The van der Waals surface area contributed by atoms with Crippen LogP contribution in [0.25, 0.3) is 11.2 Å². The van der Waals surface area contributed by atoms with Gasteiger partial charge in [-0.05, 0) is 13.5 Å². The average Bonchev–Trinajstić information content (AvgIpc) is 2.94. The van der Waals surface area contributed by atoms with Gasteiger partial charge in [-0.2, -0.15) is 0 Å². The van der Waals surface area contributed by atoms with Gasteiger partial charge in [0.15, 0.2) is 11.5 Å². The van der Waals surface area contributed by atoms with Crippen LogP contribution in [-0.2, 0) is 0 Å². The Labute approximate surface area is 109 Å². The Hall–Kier alpha value is -1.77. The van der Waals surface area contributed by atoms with Crippen LogP contribution in [0, 0.1) is 0 Å². The standard InChI is InChI=1S/C11H16N6O2/c1-13-5-2-6(9(19)8(5)18)17-4-16-7-10(12)14-3-15-11(7)17/h3-6,8-9,13,18-19H,2H2,1H3,(H2,12,14,15)/t5-,6+,8+,9-/m0/s1. The Kier molecular flexibility index (Phi) is 2.85. The minimum Gasteiger partial charge on any atom is -0.389 e. The normalized spacial score (nSPS) is 31.1. The van der Waals surface area contributed by atoms with E-state index < -0.39 is 12.2 Å². The number of anilines is 1. The SMILES string of the molecule is CN[C@H]1C[C@@H](n2cnc3c(N)ncnc32)[C@H](O)[C@@H]1O. The summed E-state index contributed by atoms with van der Waals surface area (Å²) in [4.78, 5) is 12.2. The quantitative estimate of drug-likeness (QED) is 0.529. The van der Waals surface area contributed by atoms with E-state index in [0.29, 0.717) is 23.4 Å². The molecule has 0 saturated heterocycles. The summed E-state index contributed by atoms with van der Waals surface area (Å²) in [5, 5.41) is 23.1. The van der Waals surface area contributed by atoms with Crippen LogP contribution < -0.4 is 11.1 Å². The Morgan fingerprint density at radius 1 is 1.32 bits per heavy atom. The molecule has 3 rings (SSSR count). The molecule has 1 saturated carbocycles. The lowest BCUT2D eigenvalue weighted by Crippen LogP contribution is -2.38. The summed E-state index contributed by atoms with van der Waals surface area (Å²) in [5.74, 6) is 0.307. The maximum Gasteiger partial charge on any atom is 0.165 e. The third kappa shape index (κ3) is 1.76. The van der Waals surface area contributed by atoms with E-state index in [1.54, 1.807) is 17.9 Å². The second-order valence-corrected chi connectivity index (χ2v) is 4.76. The molecule has 0 unspecified atom stereocenters. The van der Waals surface area contributed by atoms with Crippen LogP contribution in [0.4, 0.5) is 5.82 Å². The fourth-order valence-corrected chi connectivity index (χ4v) is 2.68. The van der Waals surface area contributed by atoms with Crippen LogP contribution in [0.2, 0.25) is 0 Å². The molecule has 5 N–H and O–H groups in total. The van der Waals surface area contributed by atoms with Gasteiger partial charge in [-0.1, -0.05) is 0 Å². The first-order valence-electron chi connectivity index (χ1n) is 6.10. The first-order valence-corrected chi connectivity index (χ1v) is 6.10. The molecule has 0 aromatic carbocycles. The summed E-state index contributed by atoms with van der Waals surface area (Å²) in [5.41, 5.74) is 6.81. The lowest BCUT2D eigenvalue weighted by molar-refractivity contribution is 0.0151. The van der Waals surface area contributed by atoms with Gasteiger partial charge in [0.25, 0.3) is 0 Å². The van der Waals surface area contributed by atoms with Gasteiger partial charge in [-0.3, -0.25) is 0 Å². The number of aromatic nitrogens is 4. The molecule has 0 amide bonds. The molecular weight excluding hydrogens is 248 g/mol. The van der Waals surface area contributed by atoms with E-state index in [2.05, 4.69) is 20.3 Å². The third-order valence-electron chi connectivity index (χ3n) is 3.77. The number of nitrogens with zero attached hydrogens (tertiary/aromatic N) is 4. The molecule has 1 aliphatic rings. The zero-order valence-electron chi connectivity index (χ0n) is 10.4. The van der Waals surface area contributed by atoms with E-state index in [9.17, 15) is 10.2 Å². The van der Waals surface area contributed by atoms with Gasteiger partial charge < -0.3 is 25.8 Å². The van der Waals surface area contributed by atoms with Gasteiger partial charge in [0.05, 0.1) is 18.5 Å². The van der Waals surface area contributed by atoms with Gasteiger partial charge in [0.2, 0.25) is 0 Å². The predicted molar refractivity (Wildman–Crippen MR) is 68.3 cm³/mol. The van der Waals surface area contributed by atoms with Crippen LogP contribution in [-0.4, -0.2) is 55.0 Å². The van der Waals surface area contributed by atoms with Gasteiger partial charge in [0, 0.05) is 6.04 Å². The fraction of sp³-hybridized carbons (Fsp3) is 0.545. The molecule has 2 aromatic rings. The van der Waals surface area contributed by atoms with Gasteiger partial charge in [-0.15, -0.1) is 0 Å². The molecule has 0 spiro atoms. The molecule has 0 radical (unpaired) electrons. The highest BCUT2D eigenvalue weighted by Gasteiger charge is 2.42. The van der Waals surface area contributed by atoms with E-state index in [1.807, 2.05) is 0 Å². The lowest BCUT2D eigenvalue weighted by Gasteiger charge is -2.18. The minimum atomic E-state index is -0.869. The Morgan fingerprint density at radius 3 is 2.79 bits per heavy atom. The molecule has 1 fully saturated rings. The number of imidazole rings is 1. The maximum atomic E-state index is 10.1. The van der Waals surface area contributed by atoms with Crippen molar-refractivity contribution >= 4 is 17.0 Å². The van der Waals surface area contributed by atoms with Crippen molar-refractivity contribution in [1.29, 1.82) is 0 Å². The van der Waals surface area contributed by atoms with Gasteiger partial charge >= 0.3 is 0 Å². The molecular formula is C11H16N6O2. The van der Waals surface area contributed by atoms with E-state index in [4.69, 9.17) is 5.73 Å². The molecule has 8 heteroatoms. The van der Waals surface area contributed by atoms with Crippen molar-refractivity contribution in [2.45, 2.75) is 30.7 Å². The van der Waals surface area contributed by atoms with Crippen molar-refractivity contribution in [2.75, 3.05) is 12.8 Å². The summed E-state index contributed by atoms with van der Waals surface area (Å²) in [7, 11) is 1.76. The van der Waals surface area contributed by atoms with Crippen molar-refractivity contribution in [3.8, 4) is 0 Å². The number of fused-ring (bicyclic) bond motifs is 1. The lowest BCUT2D eigenvalue weighted by atomic mass is 10.2. The largest absolute Gasteiger partial charge is 0.389 e. The second kappa shape index (κ2) is 4.41. The number of hydrogen-bond donors (Lipinski definition) is 4. The van der Waals surface area contributed by atoms with E-state index in [-0.39, 0.29) is 12.1 Å². The number of likely N-dealkylation sites (N-methyl/N-ethyl adjacent to an activating group) is 1. The Morgan fingerprint density at radius 2 is 2.11 bits per heavy atom. The number of nitrogens with one attached hydrogen (secondary N) is 1. The van der Waals surface area contributed by atoms with Gasteiger partial charge in [-0.25, -0.2) is 15.0 Å². The Balaban J connectivity index is 2.04. The van der Waals surface area contributed by atoms with Crippen molar-refractivity contribution in [1.82, 2.24) is 24.8 Å². The van der Waals surface area contributed by atoms with Crippen molar-refractivity contribution in [2.24, 2.45) is 0 Å². The number of aliphatic hydroxyl groups is 2. The first-order chi connectivity index (χ1) is 9.13. The highest BCUT2D eigenvalue weighted by molar-refractivity contribution is 5.81. The zero-order valence-corrected chi connectivity index (χ0v) is 10.4. The smallest absolute Gasteiger partial charge is 0.165 e. The van der Waals surface area contributed by atoms with Crippen LogP contribution >= 0.6 is 0 Å². The van der Waals surface area contributed by atoms with Gasteiger partial charge in [0.1, 0.15) is 17.9 Å². The fourth-order valence-electron chi connectivity index (χ4n) is 2.68. The summed E-state index contributed by atoms with van der Waals surface area (Å²) in [6, 6.07) is -0.441. The van der Waals surface area contributed by atoms with E-state index >= 15 is 0 Å². The average molecular weight is 264 g/mol. The molecule has 2 aromatic heterocycles. The summed E-state index contributed by atoms with van der Waals surface area (Å²) in [6.45, 7) is 0. The highest BCUT2D eigenvalue weighted by atomic mass is 16.3. The van der Waals surface area contributed by atoms with Crippen LogP contribution in [0.3, 0.4) is 0 Å². The second-order valence-electron chi connectivity index (χ2n) is 4.76. The molecule has 2 heterocycles. The number of nitrogens with two attached hydrogens (primary N) is 1. The van der Waals surface area contributed by atoms with Crippen LogP contribution in [0.5, 0.6) is 0 Å². The van der Waals surface area contributed by atoms with Crippen LogP contribution in [0.15, 0.2) is 12.7 Å². The van der Waals surface area contributed by atoms with E-state index in [1.165, 1.54) is 6.33 Å². The summed E-state index contributed by atoms with van der Waals surface area (Å²) < 4.78 is 1.75. The van der Waals surface area contributed by atoms with Crippen molar-refractivity contribution < 1.29 is 10.2 Å². The summed E-state index contributed by atoms with van der Waals surface area (Å²) >= 11 is 0. The minimum absolute atomic E-state index is 0.156. The molecule has 8 nitrogen and oxygen atoms in total. The number of nitrogen functional groups attached to an aromatic ring is 1. The van der Waals surface area contributed by atoms with E-state index in [0.717, 1.165) is 0 Å². The predicted octanol–water partition coefficient (Wildman–Crippen LogP) is -1.34. The first kappa shape index (κ1) is 12.3. The highest BCUT2D eigenvalue weighted by Crippen LogP contribution is 2.33. The number of rotatable bonds is 2. The zero-order chi connectivity index (χ0) is 13.6. The van der Waals surface area contributed by atoms with Crippen molar-refractivity contribution in [3.05, 3.63) is 12.7 Å². The molecule has 0 bridgehead atoms. The summed E-state index contributed by atoms with van der Waals surface area (Å²) in [6.07, 6.45) is 1.85. The Bertz CT molecular complexity index is 600. The topological polar surface area (TPSA) is 122 Å². The molecule has 19 heavy (non-hydrogen) atoms. The maximum absolute atomic E-state index is 10.1. The molecule has 1 aliphatic carbocycles. The monoisotopic (exact) mass is 264 g/mol. The van der Waals surface area contributed by atoms with Crippen molar-refractivity contribution in [3.63, 3.8) is 0 Å². The van der Waals surface area contributed by atoms with Crippen LogP contribution in [0.1, 0.15) is 12.5 Å². The molecule has 4 atom stereocenters. The molecule has 0 aliphatic heterocycles. The number of hydrogen-bond acceptors (Lipinski definition) is 7. The third-order valence-corrected chi connectivity index (χ3v) is 3.77.